The summed E-state index contributed by atoms with van der Waals surface area (Å²) in [7, 11) is 1.69. The van der Waals surface area contributed by atoms with Crippen LogP contribution in [-0.4, -0.2) is 26.8 Å². The van der Waals surface area contributed by atoms with Crippen molar-refractivity contribution in [1.29, 1.82) is 0 Å². The van der Waals surface area contributed by atoms with Crippen molar-refractivity contribution in [2.75, 3.05) is 5.32 Å². The molecule has 4 rings (SSSR count). The van der Waals surface area contributed by atoms with Gasteiger partial charge in [-0.05, 0) is 29.8 Å². The zero-order chi connectivity index (χ0) is 20.5. The number of aromatic carboxylic acids is 1. The van der Waals surface area contributed by atoms with Crippen LogP contribution in [0.4, 0.5) is 5.69 Å². The number of nitrogens with one attached hydrogen (secondary N) is 1. The molecule has 1 amide bonds. The number of carbonyl (C=O) groups excluding carboxylic acids is 1. The van der Waals surface area contributed by atoms with E-state index in [1.54, 1.807) is 54.9 Å². The fourth-order valence-corrected chi connectivity index (χ4v) is 4.02. The third-order valence-corrected chi connectivity index (χ3v) is 5.53. The lowest BCUT2D eigenvalue weighted by Crippen LogP contribution is -2.15. The second-order valence-corrected chi connectivity index (χ2v) is 7.45. The average molecular weight is 428 g/mol. The number of furan rings is 1. The van der Waals surface area contributed by atoms with Crippen molar-refractivity contribution in [2.45, 2.75) is 0 Å². The molecule has 0 unspecified atom stereocenters. The highest BCUT2D eigenvalue weighted by molar-refractivity contribution is 7.14. The number of hydrogen-bond donors (Lipinski definition) is 2. The van der Waals surface area contributed by atoms with Crippen LogP contribution in [0.25, 0.3) is 21.9 Å². The molecule has 3 aromatic heterocycles. The molecule has 0 aliphatic heterocycles. The summed E-state index contributed by atoms with van der Waals surface area (Å²) in [6.45, 7) is 0. The summed E-state index contributed by atoms with van der Waals surface area (Å²) in [5.74, 6) is -1.07. The molecule has 0 spiro atoms. The zero-order valence-corrected chi connectivity index (χ0v) is 16.6. The highest BCUT2D eigenvalue weighted by atomic mass is 35.5. The summed E-state index contributed by atoms with van der Waals surface area (Å²) in [6, 6.07) is 11.9. The van der Waals surface area contributed by atoms with Crippen LogP contribution in [0.2, 0.25) is 5.02 Å². The maximum atomic E-state index is 12.7. The molecule has 146 valence electrons. The third-order valence-electron chi connectivity index (χ3n) is 4.25. The Bertz CT molecular complexity index is 1190. The van der Waals surface area contributed by atoms with E-state index in [4.69, 9.17) is 16.0 Å². The van der Waals surface area contributed by atoms with Crippen LogP contribution in [0.5, 0.6) is 0 Å². The van der Waals surface area contributed by atoms with Gasteiger partial charge in [0, 0.05) is 23.5 Å². The minimum Gasteiger partial charge on any atom is -0.478 e. The number of nitrogens with zero attached hydrogens (tertiary/aromatic N) is 2. The summed E-state index contributed by atoms with van der Waals surface area (Å²) in [6.07, 6.45) is 1.53. The van der Waals surface area contributed by atoms with E-state index in [0.717, 1.165) is 0 Å². The molecule has 0 aliphatic carbocycles. The summed E-state index contributed by atoms with van der Waals surface area (Å²) >= 11 is 7.14. The first kappa shape index (κ1) is 19.0. The molecule has 3 heterocycles. The van der Waals surface area contributed by atoms with Gasteiger partial charge in [-0.3, -0.25) is 9.48 Å². The number of benzene rings is 1. The Morgan fingerprint density at radius 1 is 1.24 bits per heavy atom. The molecule has 4 aromatic rings. The molecule has 0 bridgehead atoms. The summed E-state index contributed by atoms with van der Waals surface area (Å²) in [4.78, 5) is 25.1. The van der Waals surface area contributed by atoms with Crippen LogP contribution >= 0.6 is 22.9 Å². The predicted molar refractivity (Wildman–Crippen MR) is 111 cm³/mol. The van der Waals surface area contributed by atoms with Gasteiger partial charge in [-0.25, -0.2) is 4.79 Å². The lowest BCUT2D eigenvalue weighted by atomic mass is 10.1. The van der Waals surface area contributed by atoms with Gasteiger partial charge in [0.2, 0.25) is 0 Å². The Balaban J connectivity index is 1.64. The van der Waals surface area contributed by atoms with E-state index in [1.807, 2.05) is 0 Å². The summed E-state index contributed by atoms with van der Waals surface area (Å²) in [5, 5.41) is 18.7. The second-order valence-electron chi connectivity index (χ2n) is 6.14. The van der Waals surface area contributed by atoms with Gasteiger partial charge < -0.3 is 14.8 Å². The van der Waals surface area contributed by atoms with Crippen LogP contribution < -0.4 is 5.32 Å². The highest BCUT2D eigenvalue weighted by Gasteiger charge is 2.23. The molecule has 2 N–H and O–H groups in total. The van der Waals surface area contributed by atoms with Crippen molar-refractivity contribution in [3.63, 3.8) is 0 Å². The monoisotopic (exact) mass is 427 g/mol. The Hall–Kier alpha value is -3.36. The molecule has 0 fully saturated rings. The molecule has 7 nitrogen and oxygen atoms in total. The topological polar surface area (TPSA) is 97.4 Å². The highest BCUT2D eigenvalue weighted by Crippen LogP contribution is 2.36. The van der Waals surface area contributed by atoms with E-state index in [1.165, 1.54) is 22.3 Å². The van der Waals surface area contributed by atoms with E-state index in [0.29, 0.717) is 26.9 Å². The standard InChI is InChI=1S/C20H14ClN3O4S/c1-24-15(16-3-2-8-28-16)9-13(23-24)19(25)22-14-10-29-18(17(14)20(26)27)11-4-6-12(21)7-5-11/h2-10H,1H3,(H,22,25)(H,26,27). The first-order valence-corrected chi connectivity index (χ1v) is 9.70. The molecule has 0 aliphatic rings. The van der Waals surface area contributed by atoms with Crippen LogP contribution in [-0.2, 0) is 7.05 Å². The second kappa shape index (κ2) is 7.57. The lowest BCUT2D eigenvalue weighted by Gasteiger charge is -2.05. The summed E-state index contributed by atoms with van der Waals surface area (Å²) < 4.78 is 6.87. The Labute approximate surface area is 174 Å². The van der Waals surface area contributed by atoms with Crippen molar-refractivity contribution in [3.05, 3.63) is 70.4 Å². The van der Waals surface area contributed by atoms with Gasteiger partial charge in [-0.1, -0.05) is 23.7 Å². The number of anilines is 1. The molecule has 0 saturated carbocycles. The van der Waals surface area contributed by atoms with Crippen molar-refractivity contribution in [1.82, 2.24) is 9.78 Å². The van der Waals surface area contributed by atoms with Crippen molar-refractivity contribution < 1.29 is 19.1 Å². The maximum absolute atomic E-state index is 12.7. The smallest absolute Gasteiger partial charge is 0.339 e. The van der Waals surface area contributed by atoms with Crippen LogP contribution in [0.15, 0.2) is 58.5 Å². The quantitative estimate of drug-likeness (QED) is 0.466. The molecule has 0 saturated heterocycles. The average Bonchev–Trinajstić information content (AvgIpc) is 3.41. The number of hydrogen-bond acceptors (Lipinski definition) is 5. The van der Waals surface area contributed by atoms with E-state index in [9.17, 15) is 14.7 Å². The number of carbonyl (C=O) groups is 2. The molecule has 29 heavy (non-hydrogen) atoms. The fourth-order valence-electron chi connectivity index (χ4n) is 2.90. The number of rotatable bonds is 5. The van der Waals surface area contributed by atoms with Gasteiger partial charge in [0.15, 0.2) is 11.5 Å². The number of carboxylic acids is 1. The first-order chi connectivity index (χ1) is 13.9. The first-order valence-electron chi connectivity index (χ1n) is 8.44. The normalized spacial score (nSPS) is 10.8. The largest absolute Gasteiger partial charge is 0.478 e. The number of amides is 1. The van der Waals surface area contributed by atoms with Gasteiger partial charge in [-0.2, -0.15) is 5.10 Å². The van der Waals surface area contributed by atoms with Crippen molar-refractivity contribution >= 4 is 40.5 Å². The van der Waals surface area contributed by atoms with E-state index in [-0.39, 0.29) is 16.9 Å². The molecule has 0 radical (unpaired) electrons. The van der Waals surface area contributed by atoms with Crippen molar-refractivity contribution in [2.24, 2.45) is 7.05 Å². The van der Waals surface area contributed by atoms with Crippen molar-refractivity contribution in [3.8, 4) is 21.9 Å². The number of aromatic nitrogens is 2. The minimum absolute atomic E-state index is 0.0212. The van der Waals surface area contributed by atoms with Gasteiger partial charge in [-0.15, -0.1) is 11.3 Å². The summed E-state index contributed by atoms with van der Waals surface area (Å²) in [5.41, 5.74) is 1.71. The van der Waals surface area contributed by atoms with Crippen LogP contribution in [0.3, 0.4) is 0 Å². The number of thiophene rings is 1. The number of carboxylic acid groups (broad SMARTS) is 1. The Morgan fingerprint density at radius 2 is 2.00 bits per heavy atom. The number of halogens is 1. The third kappa shape index (κ3) is 3.67. The molecule has 0 atom stereocenters. The predicted octanol–water partition coefficient (Wildman–Crippen LogP) is 5.01. The minimum atomic E-state index is -1.14. The number of aryl methyl sites for hydroxylation is 1. The lowest BCUT2D eigenvalue weighted by molar-refractivity contribution is 0.0699. The van der Waals surface area contributed by atoms with Gasteiger partial charge in [0.25, 0.3) is 5.91 Å². The Morgan fingerprint density at radius 3 is 2.66 bits per heavy atom. The SMILES string of the molecule is Cn1nc(C(=O)Nc2csc(-c3ccc(Cl)cc3)c2C(=O)O)cc1-c1ccco1. The van der Waals surface area contributed by atoms with Crippen LogP contribution in [0, 0.1) is 0 Å². The van der Waals surface area contributed by atoms with E-state index in [2.05, 4.69) is 10.4 Å². The molecule has 9 heteroatoms. The van der Waals surface area contributed by atoms with Gasteiger partial charge in [0.05, 0.1) is 16.8 Å². The molecular weight excluding hydrogens is 414 g/mol. The fraction of sp³-hybridized carbons (Fsp3) is 0.0500. The van der Waals surface area contributed by atoms with E-state index < -0.39 is 11.9 Å². The molecule has 1 aromatic carbocycles. The van der Waals surface area contributed by atoms with Gasteiger partial charge in [0.1, 0.15) is 11.3 Å². The molecular formula is C20H14ClN3O4S. The zero-order valence-electron chi connectivity index (χ0n) is 15.0. The van der Waals surface area contributed by atoms with Crippen LogP contribution in [0.1, 0.15) is 20.8 Å². The van der Waals surface area contributed by atoms with E-state index >= 15 is 0 Å². The Kier molecular flexibility index (Phi) is 4.96. The maximum Gasteiger partial charge on any atom is 0.339 e. The van der Waals surface area contributed by atoms with Gasteiger partial charge >= 0.3 is 5.97 Å².